The molecule has 9 heteroatoms. The van der Waals surface area contributed by atoms with E-state index < -0.39 is 24.0 Å². The van der Waals surface area contributed by atoms with Gasteiger partial charge in [0.15, 0.2) is 12.0 Å². The predicted octanol–water partition coefficient (Wildman–Crippen LogP) is 7.45. The first-order valence-electron chi connectivity index (χ1n) is 8.78. The largest absolute Gasteiger partial charge is 0.480 e. The summed E-state index contributed by atoms with van der Waals surface area (Å²) in [7, 11) is 0. The van der Waals surface area contributed by atoms with Gasteiger partial charge >= 0.3 is 11.9 Å². The van der Waals surface area contributed by atoms with Crippen LogP contribution in [0, 0.1) is 0 Å². The van der Waals surface area contributed by atoms with E-state index in [2.05, 4.69) is 0 Å². The van der Waals surface area contributed by atoms with Gasteiger partial charge in [-0.1, -0.05) is 119 Å². The molecule has 0 bridgehead atoms. The summed E-state index contributed by atoms with van der Waals surface area (Å²) in [6.07, 6.45) is -1.19. The molecule has 0 radical (unpaired) electrons. The van der Waals surface area contributed by atoms with Crippen molar-refractivity contribution >= 4 is 69.9 Å². The number of carbonyl (C=O) groups excluding carboxylic acids is 1. The van der Waals surface area contributed by atoms with Gasteiger partial charge in [-0.05, 0) is 11.1 Å². The van der Waals surface area contributed by atoms with E-state index in [1.165, 1.54) is 12.1 Å². The Kier molecular flexibility index (Phi) is 7.73. The fourth-order valence-electron chi connectivity index (χ4n) is 2.98. The summed E-state index contributed by atoms with van der Waals surface area (Å²) < 4.78 is 5.66. The van der Waals surface area contributed by atoms with Gasteiger partial charge < -0.3 is 9.84 Å². The fourth-order valence-corrected chi connectivity index (χ4v) is 4.33. The summed E-state index contributed by atoms with van der Waals surface area (Å²) in [6.45, 7) is 0. The van der Waals surface area contributed by atoms with E-state index in [9.17, 15) is 14.7 Å². The summed E-state index contributed by atoms with van der Waals surface area (Å²) in [5.41, 5.74) is 0.835. The lowest BCUT2D eigenvalue weighted by Crippen LogP contribution is -2.26. The van der Waals surface area contributed by atoms with Crippen LogP contribution < -0.4 is 0 Å². The number of ether oxygens (including phenoxy) is 1. The third-order valence-electron chi connectivity index (χ3n) is 4.46. The molecule has 0 fully saturated rings. The second-order valence-corrected chi connectivity index (χ2v) is 8.28. The first-order valence-corrected chi connectivity index (χ1v) is 10.7. The Hall–Kier alpha value is -1.95. The average Bonchev–Trinajstić information content (AvgIpc) is 2.77. The molecule has 3 aromatic rings. The smallest absolute Gasteiger partial charge is 0.325 e. The number of hydrogen-bond acceptors (Lipinski definition) is 3. The zero-order chi connectivity index (χ0) is 22.7. The molecule has 2 atom stereocenters. The van der Waals surface area contributed by atoms with Crippen molar-refractivity contribution < 1.29 is 19.4 Å². The molecule has 0 aromatic heterocycles. The summed E-state index contributed by atoms with van der Waals surface area (Å²) >= 11 is 31.3. The second kappa shape index (κ2) is 10.1. The van der Waals surface area contributed by atoms with Crippen LogP contribution in [0.3, 0.4) is 0 Å². The number of carbonyl (C=O) groups is 2. The van der Waals surface area contributed by atoms with Crippen molar-refractivity contribution in [1.82, 2.24) is 0 Å². The first-order chi connectivity index (χ1) is 14.7. The molecule has 0 aliphatic carbocycles. The summed E-state index contributed by atoms with van der Waals surface area (Å²) in [6, 6.07) is 16.5. The Morgan fingerprint density at radius 3 is 1.55 bits per heavy atom. The molecule has 2 unspecified atom stereocenters. The maximum absolute atomic E-state index is 13.0. The Morgan fingerprint density at radius 1 is 0.677 bits per heavy atom. The molecule has 0 aliphatic heterocycles. The predicted molar refractivity (Wildman–Crippen MR) is 123 cm³/mol. The van der Waals surface area contributed by atoms with Crippen molar-refractivity contribution in [2.75, 3.05) is 0 Å². The Bertz CT molecular complexity index is 1090. The van der Waals surface area contributed by atoms with Crippen LogP contribution in [0.1, 0.15) is 28.7 Å². The normalized spacial score (nSPS) is 12.8. The van der Waals surface area contributed by atoms with Gasteiger partial charge in [-0.2, -0.15) is 0 Å². The third kappa shape index (κ3) is 4.94. The van der Waals surface area contributed by atoms with E-state index in [1.54, 1.807) is 48.5 Å². The molecule has 160 valence electrons. The quantitative estimate of drug-likeness (QED) is 0.159. The molecule has 0 saturated heterocycles. The van der Waals surface area contributed by atoms with Crippen LogP contribution in [0.15, 0.2) is 60.7 Å². The Morgan fingerprint density at radius 2 is 1.10 bits per heavy atom. The van der Waals surface area contributed by atoms with Gasteiger partial charge in [-0.15, -0.1) is 0 Å². The molecule has 0 aliphatic rings. The van der Waals surface area contributed by atoms with Crippen molar-refractivity contribution in [2.24, 2.45) is 0 Å². The van der Waals surface area contributed by atoms with Crippen LogP contribution in [0.2, 0.25) is 25.1 Å². The third-order valence-corrected chi connectivity index (χ3v) is 6.76. The monoisotopic (exact) mass is 516 g/mol. The van der Waals surface area contributed by atoms with Crippen LogP contribution in [0.5, 0.6) is 0 Å². The van der Waals surface area contributed by atoms with Gasteiger partial charge in [0.25, 0.3) is 0 Å². The Labute approximate surface area is 203 Å². The number of aliphatic carboxylic acids is 1. The molecular formula is C22H13Cl5O4. The van der Waals surface area contributed by atoms with Crippen molar-refractivity contribution in [3.8, 4) is 0 Å². The molecule has 0 heterocycles. The number of carboxylic acids is 1. The van der Waals surface area contributed by atoms with E-state index in [0.29, 0.717) is 5.56 Å². The van der Waals surface area contributed by atoms with Gasteiger partial charge in [0.05, 0.1) is 25.1 Å². The minimum absolute atomic E-state index is 0.0482. The number of benzene rings is 3. The highest BCUT2D eigenvalue weighted by molar-refractivity contribution is 6.55. The number of esters is 1. The van der Waals surface area contributed by atoms with Gasteiger partial charge in [0, 0.05) is 5.56 Å². The van der Waals surface area contributed by atoms with Crippen LogP contribution in [-0.2, 0) is 14.3 Å². The SMILES string of the molecule is O=C(O)C(C(=O)OC(c1ccccc1)c1c(Cl)c(Cl)c(Cl)c(Cl)c1Cl)c1ccccc1. The zero-order valence-electron chi connectivity index (χ0n) is 15.5. The summed E-state index contributed by atoms with van der Waals surface area (Å²) in [4.78, 5) is 24.9. The maximum atomic E-state index is 13.0. The lowest BCUT2D eigenvalue weighted by atomic mass is 9.98. The molecule has 3 aromatic carbocycles. The summed E-state index contributed by atoms with van der Waals surface area (Å²) in [5.74, 6) is -3.95. The van der Waals surface area contributed by atoms with Gasteiger partial charge in [-0.25, -0.2) is 0 Å². The number of carboxylic acid groups (broad SMARTS) is 1. The number of rotatable bonds is 6. The Balaban J connectivity index is 2.13. The molecule has 0 amide bonds. The first kappa shape index (κ1) is 23.7. The molecular weight excluding hydrogens is 506 g/mol. The highest BCUT2D eigenvalue weighted by Crippen LogP contribution is 2.48. The highest BCUT2D eigenvalue weighted by Gasteiger charge is 2.35. The topological polar surface area (TPSA) is 63.6 Å². The fraction of sp³-hybridized carbons (Fsp3) is 0.0909. The molecule has 4 nitrogen and oxygen atoms in total. The minimum Gasteiger partial charge on any atom is -0.480 e. The molecule has 31 heavy (non-hydrogen) atoms. The van der Waals surface area contributed by atoms with Gasteiger partial charge in [-0.3, -0.25) is 9.59 Å². The van der Waals surface area contributed by atoms with Crippen LogP contribution >= 0.6 is 58.0 Å². The van der Waals surface area contributed by atoms with E-state index in [0.717, 1.165) is 0 Å². The van der Waals surface area contributed by atoms with Gasteiger partial charge in [0.1, 0.15) is 0 Å². The van der Waals surface area contributed by atoms with Crippen molar-refractivity contribution in [3.05, 3.63) is 102 Å². The van der Waals surface area contributed by atoms with E-state index in [-0.39, 0.29) is 36.2 Å². The van der Waals surface area contributed by atoms with Crippen molar-refractivity contribution in [2.45, 2.75) is 12.0 Å². The second-order valence-electron chi connectivity index (χ2n) is 6.39. The molecule has 3 rings (SSSR count). The van der Waals surface area contributed by atoms with Crippen molar-refractivity contribution in [1.29, 1.82) is 0 Å². The number of hydrogen-bond donors (Lipinski definition) is 1. The van der Waals surface area contributed by atoms with E-state index in [1.807, 2.05) is 0 Å². The molecule has 1 N–H and O–H groups in total. The lowest BCUT2D eigenvalue weighted by molar-refractivity contribution is -0.156. The maximum Gasteiger partial charge on any atom is 0.325 e. The van der Waals surface area contributed by atoms with Crippen LogP contribution in [0.4, 0.5) is 0 Å². The highest BCUT2D eigenvalue weighted by atomic mass is 35.5. The minimum atomic E-state index is -1.57. The molecule has 0 saturated carbocycles. The van der Waals surface area contributed by atoms with Crippen LogP contribution in [0.25, 0.3) is 0 Å². The van der Waals surface area contributed by atoms with Crippen LogP contribution in [-0.4, -0.2) is 17.0 Å². The van der Waals surface area contributed by atoms with E-state index >= 15 is 0 Å². The van der Waals surface area contributed by atoms with E-state index in [4.69, 9.17) is 62.7 Å². The van der Waals surface area contributed by atoms with Gasteiger partial charge in [0.2, 0.25) is 0 Å². The average molecular weight is 519 g/mol. The lowest BCUT2D eigenvalue weighted by Gasteiger charge is -2.24. The standard InChI is InChI=1S/C22H13Cl5O4/c23-15-14(16(24)18(26)19(27)17(15)25)20(12-9-5-2-6-10-12)31-22(30)13(21(28)29)11-7-3-1-4-8-11/h1-10,13,20H,(H,28,29). The zero-order valence-corrected chi connectivity index (χ0v) is 19.3. The van der Waals surface area contributed by atoms with Crippen molar-refractivity contribution in [3.63, 3.8) is 0 Å². The summed E-state index contributed by atoms with van der Waals surface area (Å²) in [5, 5.41) is 9.37. The number of halogens is 5. The molecule has 0 spiro atoms.